The van der Waals surface area contributed by atoms with Crippen LogP contribution >= 0.6 is 0 Å². The first-order valence-corrected chi connectivity index (χ1v) is 17.9. The molecule has 0 radical (unpaired) electrons. The molecule has 8 aromatic rings. The van der Waals surface area contributed by atoms with Gasteiger partial charge in [-0.2, -0.15) is 0 Å². The van der Waals surface area contributed by atoms with Crippen molar-refractivity contribution in [3.05, 3.63) is 196 Å². The predicted molar refractivity (Wildman–Crippen MR) is 224 cm³/mol. The van der Waals surface area contributed by atoms with Crippen LogP contribution in [-0.4, -0.2) is 0 Å². The molecule has 256 valence electrons. The Labute approximate surface area is 330 Å². The van der Waals surface area contributed by atoms with Gasteiger partial charge in [0.15, 0.2) is 0 Å². The van der Waals surface area contributed by atoms with Crippen LogP contribution in [0.3, 0.4) is 0 Å². The fourth-order valence-electron chi connectivity index (χ4n) is 8.48. The van der Waals surface area contributed by atoms with Gasteiger partial charge in [0, 0.05) is 0 Å². The number of hydrogen-bond donors (Lipinski definition) is 0. The molecule has 0 spiro atoms. The van der Waals surface area contributed by atoms with Crippen molar-refractivity contribution < 1.29 is 25.8 Å². The summed E-state index contributed by atoms with van der Waals surface area (Å²) in [6.45, 7) is 4.73. The number of rotatable bonds is 10. The van der Waals surface area contributed by atoms with Crippen molar-refractivity contribution in [2.24, 2.45) is 0 Å². The van der Waals surface area contributed by atoms with Crippen LogP contribution < -0.4 is 0 Å². The van der Waals surface area contributed by atoms with Crippen molar-refractivity contribution in [1.82, 2.24) is 0 Å². The van der Waals surface area contributed by atoms with Crippen molar-refractivity contribution in [2.75, 3.05) is 0 Å². The van der Waals surface area contributed by atoms with E-state index in [2.05, 4.69) is 184 Å². The fraction of sp³-hybridized carbons (Fsp3) is 0.137. The van der Waals surface area contributed by atoms with E-state index in [1.807, 2.05) is 0 Å². The molecule has 8 rings (SSSR count). The minimum atomic E-state index is -0.184. The normalized spacial score (nSPS) is 11.1. The van der Waals surface area contributed by atoms with E-state index in [1.54, 1.807) is 0 Å². The Kier molecular flexibility index (Phi) is 12.5. The van der Waals surface area contributed by atoms with Gasteiger partial charge < -0.3 is 14.9 Å². The maximum atomic E-state index is 2.46. The molecule has 0 heterocycles. The summed E-state index contributed by atoms with van der Waals surface area (Å²) in [5.41, 5.74) is 13.1. The molecule has 8 aromatic carbocycles. The number of fused-ring (bicyclic) bond motifs is 2. The van der Waals surface area contributed by atoms with E-state index in [0.29, 0.717) is 0 Å². The standard InChI is InChI=1S/C49H42.2CH3.Hf/c1-3-31-49(32-4-2,47-43-21-13-11-19-41(43)33-45(47)39-27-23-37(24-28-39)35-15-7-5-8-16-35)48-44-22-14-12-20-42(44)34-46(48)40-29-25-38(26-30-40)36-17-9-6-10-18-36;;;/h5-30,33-34H,3-4,31-32H2,1-2H3;2*1H3;/q-2;2*-1;+4. The molecule has 0 N–H and O–H groups in total. The average Bonchev–Trinajstić information content (AvgIpc) is 3.76. The van der Waals surface area contributed by atoms with Crippen LogP contribution in [0.4, 0.5) is 0 Å². The quantitative estimate of drug-likeness (QED) is 0.0951. The van der Waals surface area contributed by atoms with E-state index in [0.717, 1.165) is 25.7 Å². The van der Waals surface area contributed by atoms with Crippen LogP contribution in [0, 0.1) is 14.9 Å². The summed E-state index contributed by atoms with van der Waals surface area (Å²) in [4.78, 5) is 0. The van der Waals surface area contributed by atoms with Crippen LogP contribution in [0.1, 0.15) is 50.7 Å². The molecular formula is C51H48Hf. The van der Waals surface area contributed by atoms with Gasteiger partial charge in [0.2, 0.25) is 0 Å². The number of hydrogen-bond acceptors (Lipinski definition) is 0. The summed E-state index contributed by atoms with van der Waals surface area (Å²) in [6.07, 6.45) is 4.34. The molecule has 1 heteroatoms. The summed E-state index contributed by atoms with van der Waals surface area (Å²) in [6, 6.07) is 63.0. The third-order valence-electron chi connectivity index (χ3n) is 10.5. The summed E-state index contributed by atoms with van der Waals surface area (Å²) >= 11 is 0. The SMILES string of the molecule is CCCC(CCC)(c1c(-c2ccc(-c3ccccc3)cc2)[cH-]c2ccccc12)c1c(-c2ccc(-c3ccccc3)cc2)[cH-]c2ccccc12.[CH3-].[CH3-].[Hf+4]. The minimum Gasteiger partial charge on any atom is -0.358 e. The molecule has 0 saturated carbocycles. The van der Waals surface area contributed by atoms with Gasteiger partial charge in [0.05, 0.1) is 0 Å². The zero-order valence-corrected chi connectivity index (χ0v) is 34.6. The summed E-state index contributed by atoms with van der Waals surface area (Å²) in [5.74, 6) is 0. The first-order valence-electron chi connectivity index (χ1n) is 17.9. The maximum Gasteiger partial charge on any atom is 4.00 e. The van der Waals surface area contributed by atoms with E-state index in [1.165, 1.54) is 77.2 Å². The van der Waals surface area contributed by atoms with Gasteiger partial charge in [0.1, 0.15) is 0 Å². The molecule has 0 amide bonds. The topological polar surface area (TPSA) is 0 Å². The van der Waals surface area contributed by atoms with Gasteiger partial charge in [-0.1, -0.05) is 196 Å². The molecule has 0 atom stereocenters. The van der Waals surface area contributed by atoms with Gasteiger partial charge in [-0.05, 0) is 27.7 Å². The smallest absolute Gasteiger partial charge is 0.358 e. The van der Waals surface area contributed by atoms with Crippen LogP contribution in [-0.2, 0) is 31.3 Å². The van der Waals surface area contributed by atoms with E-state index in [9.17, 15) is 0 Å². The molecule has 0 saturated heterocycles. The van der Waals surface area contributed by atoms with Gasteiger partial charge in [0.25, 0.3) is 0 Å². The third kappa shape index (κ3) is 6.96. The molecular weight excluding hydrogens is 791 g/mol. The van der Waals surface area contributed by atoms with Crippen molar-refractivity contribution in [3.8, 4) is 44.5 Å². The maximum absolute atomic E-state index is 2.46. The fourth-order valence-corrected chi connectivity index (χ4v) is 8.48. The first-order chi connectivity index (χ1) is 24.2. The molecule has 0 aliphatic heterocycles. The van der Waals surface area contributed by atoms with Crippen LogP contribution in [0.25, 0.3) is 66.1 Å². The second kappa shape index (κ2) is 16.8. The second-order valence-electron chi connectivity index (χ2n) is 13.5. The minimum absolute atomic E-state index is 0. The Morgan fingerprint density at radius 3 is 1.06 bits per heavy atom. The Hall–Kier alpha value is -4.59. The predicted octanol–water partition coefficient (Wildman–Crippen LogP) is 14.9. The van der Waals surface area contributed by atoms with Crippen molar-refractivity contribution in [2.45, 2.75) is 44.9 Å². The van der Waals surface area contributed by atoms with Gasteiger partial charge >= 0.3 is 25.8 Å². The van der Waals surface area contributed by atoms with Crippen LogP contribution in [0.15, 0.2) is 170 Å². The van der Waals surface area contributed by atoms with Crippen LogP contribution in [0.2, 0.25) is 0 Å². The summed E-state index contributed by atoms with van der Waals surface area (Å²) in [5, 5.41) is 5.39. The molecule has 0 nitrogen and oxygen atoms in total. The van der Waals surface area contributed by atoms with Gasteiger partial charge in [-0.25, -0.2) is 0 Å². The molecule has 0 aliphatic carbocycles. The van der Waals surface area contributed by atoms with Crippen molar-refractivity contribution in [3.63, 3.8) is 0 Å². The van der Waals surface area contributed by atoms with E-state index >= 15 is 0 Å². The van der Waals surface area contributed by atoms with E-state index in [-0.39, 0.29) is 46.1 Å². The molecule has 0 aliphatic rings. The Bertz CT molecular complexity index is 2150. The number of benzene rings is 6. The van der Waals surface area contributed by atoms with E-state index in [4.69, 9.17) is 0 Å². The largest absolute Gasteiger partial charge is 4.00 e. The summed E-state index contributed by atoms with van der Waals surface area (Å²) < 4.78 is 0. The molecule has 0 fully saturated rings. The second-order valence-corrected chi connectivity index (χ2v) is 13.5. The Morgan fingerprint density at radius 2 is 0.692 bits per heavy atom. The van der Waals surface area contributed by atoms with Crippen molar-refractivity contribution >= 4 is 21.5 Å². The molecule has 0 aromatic heterocycles. The molecule has 0 bridgehead atoms. The first kappa shape index (κ1) is 38.6. The third-order valence-corrected chi connectivity index (χ3v) is 10.5. The molecule has 0 unspecified atom stereocenters. The van der Waals surface area contributed by atoms with E-state index < -0.39 is 0 Å². The van der Waals surface area contributed by atoms with Crippen LogP contribution in [0.5, 0.6) is 0 Å². The van der Waals surface area contributed by atoms with Gasteiger partial charge in [-0.15, -0.1) is 68.1 Å². The Balaban J connectivity index is 0.00000174. The monoisotopic (exact) mass is 840 g/mol. The van der Waals surface area contributed by atoms with Gasteiger partial charge in [-0.3, -0.25) is 0 Å². The van der Waals surface area contributed by atoms with Crippen molar-refractivity contribution in [1.29, 1.82) is 0 Å². The Morgan fingerprint density at radius 1 is 0.385 bits per heavy atom. The zero-order chi connectivity index (χ0) is 33.2. The summed E-state index contributed by atoms with van der Waals surface area (Å²) in [7, 11) is 0. The molecule has 52 heavy (non-hydrogen) atoms. The zero-order valence-electron chi connectivity index (χ0n) is 31.0. The average molecular weight is 839 g/mol.